The quantitative estimate of drug-likeness (QED) is 0.310. The fourth-order valence-corrected chi connectivity index (χ4v) is 5.86. The summed E-state index contributed by atoms with van der Waals surface area (Å²) in [5.74, 6) is 0. The molecule has 0 amide bonds. The van der Waals surface area contributed by atoms with Crippen molar-refractivity contribution < 1.29 is 38.9 Å². The van der Waals surface area contributed by atoms with Gasteiger partial charge in [0, 0.05) is 0 Å². The van der Waals surface area contributed by atoms with Gasteiger partial charge in [0.1, 0.15) is 0 Å². The van der Waals surface area contributed by atoms with E-state index in [9.17, 15) is 38.9 Å². The van der Waals surface area contributed by atoms with Gasteiger partial charge in [0.25, 0.3) is 30.4 Å². The van der Waals surface area contributed by atoms with E-state index in [0.29, 0.717) is 0 Å². The largest absolute Gasteiger partial charge is 0.300 e. The molecule has 18 heteroatoms. The number of hydrogen-bond acceptors (Lipinski definition) is 9. The molecular formula is C12H12N6O9S3. The van der Waals surface area contributed by atoms with E-state index in [1.807, 2.05) is 0 Å². The monoisotopic (exact) mass is 480 g/mol. The zero-order valence-corrected chi connectivity index (χ0v) is 17.6. The summed E-state index contributed by atoms with van der Waals surface area (Å²) >= 11 is 0. The van der Waals surface area contributed by atoms with E-state index in [2.05, 4.69) is 15.3 Å². The molecule has 30 heavy (non-hydrogen) atoms. The minimum atomic E-state index is -4.96. The first-order valence-electron chi connectivity index (χ1n) is 7.77. The predicted molar refractivity (Wildman–Crippen MR) is 96.3 cm³/mol. The predicted octanol–water partition coefficient (Wildman–Crippen LogP) is -0.705. The highest BCUT2D eigenvalue weighted by Crippen LogP contribution is 2.32. The Bertz CT molecular complexity index is 1500. The Kier molecular flexibility index (Phi) is 3.94. The van der Waals surface area contributed by atoms with Gasteiger partial charge in [-0.05, 0) is 20.8 Å². The Morgan fingerprint density at radius 3 is 0.900 bits per heavy atom. The van der Waals surface area contributed by atoms with Crippen LogP contribution in [0.3, 0.4) is 0 Å². The summed E-state index contributed by atoms with van der Waals surface area (Å²) in [6, 6.07) is 0. The lowest BCUT2D eigenvalue weighted by atomic mass is 10.4. The van der Waals surface area contributed by atoms with E-state index in [0.717, 1.165) is 13.5 Å². The van der Waals surface area contributed by atoms with Crippen LogP contribution in [0.4, 0.5) is 0 Å². The van der Waals surface area contributed by atoms with Gasteiger partial charge < -0.3 is 0 Å². The molecular weight excluding hydrogens is 468 g/mol. The number of aryl methyl sites for hydroxylation is 3. The van der Waals surface area contributed by atoms with Crippen molar-refractivity contribution in [1.29, 1.82) is 0 Å². The summed E-state index contributed by atoms with van der Waals surface area (Å²) in [5, 5.41) is 11.7. The van der Waals surface area contributed by atoms with Crippen LogP contribution in [0.15, 0.2) is 14.7 Å². The summed E-state index contributed by atoms with van der Waals surface area (Å²) in [5.41, 5.74) is -2.48. The van der Waals surface area contributed by atoms with Crippen molar-refractivity contribution in [3.8, 4) is 0 Å². The molecule has 4 aromatic heterocycles. The van der Waals surface area contributed by atoms with Crippen LogP contribution in [-0.4, -0.2) is 67.8 Å². The molecule has 162 valence electrons. The van der Waals surface area contributed by atoms with Gasteiger partial charge in [0.2, 0.25) is 0 Å². The van der Waals surface area contributed by atoms with E-state index in [1.165, 1.54) is 20.8 Å². The van der Waals surface area contributed by atoms with Crippen LogP contribution in [0.2, 0.25) is 0 Å². The van der Waals surface area contributed by atoms with Gasteiger partial charge in [-0.3, -0.25) is 13.7 Å². The molecule has 0 spiro atoms. The van der Waals surface area contributed by atoms with Crippen molar-refractivity contribution in [3.05, 3.63) is 17.1 Å². The molecule has 0 saturated carbocycles. The zero-order valence-electron chi connectivity index (χ0n) is 15.2. The lowest BCUT2D eigenvalue weighted by Crippen LogP contribution is -2.11. The molecule has 0 radical (unpaired) electrons. The minimum Gasteiger partial charge on any atom is -0.282 e. The topological polar surface area (TPSA) is 215 Å². The van der Waals surface area contributed by atoms with Crippen LogP contribution in [0.5, 0.6) is 0 Å². The summed E-state index contributed by atoms with van der Waals surface area (Å²) < 4.78 is 103. The summed E-state index contributed by atoms with van der Waals surface area (Å²) in [7, 11) is -14.9. The number of aromatic nitrogens is 6. The third-order valence-corrected chi connectivity index (χ3v) is 7.30. The zero-order chi connectivity index (χ0) is 22.5. The molecule has 0 aliphatic heterocycles. The third kappa shape index (κ3) is 2.65. The lowest BCUT2D eigenvalue weighted by Gasteiger charge is -2.06. The molecule has 4 heterocycles. The maximum absolute atomic E-state index is 12.0. The Balaban J connectivity index is 2.55. The highest BCUT2D eigenvalue weighted by molar-refractivity contribution is 7.86. The van der Waals surface area contributed by atoms with Crippen molar-refractivity contribution in [2.45, 2.75) is 35.5 Å². The van der Waals surface area contributed by atoms with E-state index >= 15 is 0 Å². The summed E-state index contributed by atoms with van der Waals surface area (Å²) in [6.07, 6.45) is 0. The second-order valence-corrected chi connectivity index (χ2v) is 10.5. The number of hydrogen-bond donors (Lipinski definition) is 3. The Hall–Kier alpha value is -2.64. The van der Waals surface area contributed by atoms with Gasteiger partial charge in [0.05, 0.1) is 17.1 Å². The molecule has 0 saturated heterocycles. The maximum atomic E-state index is 12.0. The molecule has 4 aromatic rings. The number of nitrogens with zero attached hydrogens (tertiary/aromatic N) is 6. The Morgan fingerprint density at radius 2 is 0.733 bits per heavy atom. The number of rotatable bonds is 3. The molecule has 4 rings (SSSR count). The average molecular weight is 480 g/mol. The molecule has 0 atom stereocenters. The van der Waals surface area contributed by atoms with Crippen molar-refractivity contribution in [2.24, 2.45) is 0 Å². The smallest absolute Gasteiger partial charge is 0.282 e. The highest BCUT2D eigenvalue weighted by Gasteiger charge is 2.34. The fourth-order valence-electron chi connectivity index (χ4n) is 3.41. The Morgan fingerprint density at radius 1 is 0.533 bits per heavy atom. The third-order valence-electron chi connectivity index (χ3n) is 4.32. The van der Waals surface area contributed by atoms with Crippen LogP contribution in [0.25, 0.3) is 16.9 Å². The Labute approximate surface area is 167 Å². The van der Waals surface area contributed by atoms with Gasteiger partial charge in [-0.25, -0.2) is 0 Å². The first-order chi connectivity index (χ1) is 13.5. The summed E-state index contributed by atoms with van der Waals surface area (Å²) in [4.78, 5) is -2.38. The normalized spacial score (nSPS) is 13.8. The van der Waals surface area contributed by atoms with Crippen LogP contribution >= 0.6 is 0 Å². The van der Waals surface area contributed by atoms with Gasteiger partial charge in [-0.15, -0.1) is 0 Å². The molecule has 0 aromatic carbocycles. The van der Waals surface area contributed by atoms with Crippen LogP contribution in [-0.2, 0) is 30.4 Å². The van der Waals surface area contributed by atoms with Gasteiger partial charge in [-0.1, -0.05) is 0 Å². The minimum absolute atomic E-state index is 0.284. The fraction of sp³-hybridized carbons (Fsp3) is 0.250. The van der Waals surface area contributed by atoms with Gasteiger partial charge >= 0.3 is 0 Å². The summed E-state index contributed by atoms with van der Waals surface area (Å²) in [6.45, 7) is 3.57. The molecule has 0 bridgehead atoms. The van der Waals surface area contributed by atoms with Crippen molar-refractivity contribution >= 4 is 47.3 Å². The van der Waals surface area contributed by atoms with Crippen molar-refractivity contribution in [2.75, 3.05) is 0 Å². The van der Waals surface area contributed by atoms with E-state index in [-0.39, 0.29) is 17.1 Å². The maximum Gasteiger partial charge on any atom is 0.300 e. The average Bonchev–Trinajstić information content (AvgIpc) is 3.14. The molecule has 0 fully saturated rings. The molecule has 0 aliphatic rings. The lowest BCUT2D eigenvalue weighted by molar-refractivity contribution is 0.481. The molecule has 0 aliphatic carbocycles. The highest BCUT2D eigenvalue weighted by atomic mass is 32.2. The standard InChI is InChI=1S/C12H12N6O9S3/c1-4-7(28(19,20)21)10-16(13-4)11-8(29(22,23)24)5(2)15-18(11)12-9(30(25,26)27)6(3)14-17(10)12/h1-3H3,(H,19,20,21)(H,22,23,24)(H,25,26,27). The van der Waals surface area contributed by atoms with Crippen LogP contribution in [0.1, 0.15) is 17.1 Å². The number of fused-ring (bicyclic) bond motifs is 6. The first kappa shape index (κ1) is 20.6. The van der Waals surface area contributed by atoms with Crippen LogP contribution < -0.4 is 0 Å². The van der Waals surface area contributed by atoms with Crippen LogP contribution in [0, 0.1) is 20.8 Å². The van der Waals surface area contributed by atoms with Crippen molar-refractivity contribution in [3.63, 3.8) is 0 Å². The molecule has 3 N–H and O–H groups in total. The van der Waals surface area contributed by atoms with Crippen molar-refractivity contribution in [1.82, 2.24) is 28.8 Å². The molecule has 15 nitrogen and oxygen atoms in total. The van der Waals surface area contributed by atoms with E-state index in [4.69, 9.17) is 0 Å². The van der Waals surface area contributed by atoms with Gasteiger partial charge in [0.15, 0.2) is 31.6 Å². The van der Waals surface area contributed by atoms with Gasteiger partial charge in [-0.2, -0.15) is 54.1 Å². The SMILES string of the molecule is Cc1nn2c(c1S(=O)(=O)O)n1nc(C)c(S(=O)(=O)O)c1n1nc(C)c(S(=O)(=O)O)c21. The van der Waals surface area contributed by atoms with E-state index in [1.54, 1.807) is 0 Å². The molecule has 0 unspecified atom stereocenters. The second kappa shape index (κ2) is 5.74. The second-order valence-electron chi connectivity index (χ2n) is 6.38. The van der Waals surface area contributed by atoms with E-state index < -0.39 is 62.0 Å². The first-order valence-corrected chi connectivity index (χ1v) is 12.1.